The minimum absolute atomic E-state index is 0.160. The Morgan fingerprint density at radius 1 is 1.43 bits per heavy atom. The molecule has 0 radical (unpaired) electrons. The number of thiocarbonyl (C=S) groups is 1. The SMILES string of the molecule is CC(NS(=O)(=O)Cc1ccc(C(N)=S)cc1)c1nn[nH]n1. The lowest BCUT2D eigenvalue weighted by molar-refractivity contribution is 0.559. The van der Waals surface area contributed by atoms with Crippen LogP contribution in [0.1, 0.15) is 29.9 Å². The molecule has 112 valence electrons. The Morgan fingerprint density at radius 3 is 2.62 bits per heavy atom. The van der Waals surface area contributed by atoms with Crippen molar-refractivity contribution in [2.75, 3.05) is 0 Å². The molecule has 0 spiro atoms. The monoisotopic (exact) mass is 326 g/mol. The van der Waals surface area contributed by atoms with Crippen molar-refractivity contribution in [1.29, 1.82) is 0 Å². The average molecular weight is 326 g/mol. The van der Waals surface area contributed by atoms with E-state index in [1.807, 2.05) is 0 Å². The Hall–Kier alpha value is -1.91. The van der Waals surface area contributed by atoms with Gasteiger partial charge in [-0.2, -0.15) is 5.21 Å². The highest BCUT2D eigenvalue weighted by atomic mass is 32.2. The molecule has 0 saturated carbocycles. The summed E-state index contributed by atoms with van der Waals surface area (Å²) in [5.41, 5.74) is 6.81. The fourth-order valence-corrected chi connectivity index (χ4v) is 3.20. The first-order valence-corrected chi connectivity index (χ1v) is 8.05. The highest BCUT2D eigenvalue weighted by molar-refractivity contribution is 7.88. The molecule has 4 N–H and O–H groups in total. The molecule has 0 fully saturated rings. The van der Waals surface area contributed by atoms with E-state index < -0.39 is 16.1 Å². The van der Waals surface area contributed by atoms with E-state index in [0.717, 1.165) is 0 Å². The van der Waals surface area contributed by atoms with E-state index in [2.05, 4.69) is 25.3 Å². The predicted molar refractivity (Wildman–Crippen MR) is 80.7 cm³/mol. The number of hydrogen-bond donors (Lipinski definition) is 3. The number of aromatic amines is 1. The van der Waals surface area contributed by atoms with Gasteiger partial charge < -0.3 is 5.73 Å². The van der Waals surface area contributed by atoms with Crippen LogP contribution in [-0.2, 0) is 15.8 Å². The van der Waals surface area contributed by atoms with Crippen molar-refractivity contribution in [2.45, 2.75) is 18.7 Å². The zero-order valence-electron chi connectivity index (χ0n) is 11.1. The van der Waals surface area contributed by atoms with E-state index in [1.165, 1.54) is 0 Å². The maximum atomic E-state index is 12.1. The van der Waals surface area contributed by atoms with Gasteiger partial charge in [-0.1, -0.05) is 41.7 Å². The van der Waals surface area contributed by atoms with Crippen LogP contribution in [0.15, 0.2) is 24.3 Å². The van der Waals surface area contributed by atoms with Gasteiger partial charge in [-0.15, -0.1) is 10.2 Å². The molecule has 0 saturated heterocycles. The molecule has 1 aromatic carbocycles. The smallest absolute Gasteiger partial charge is 0.216 e. The van der Waals surface area contributed by atoms with Crippen molar-refractivity contribution < 1.29 is 8.42 Å². The molecule has 8 nitrogen and oxygen atoms in total. The summed E-state index contributed by atoms with van der Waals surface area (Å²) >= 11 is 4.84. The predicted octanol–water partition coefficient (Wildman–Crippen LogP) is 0.0145. The van der Waals surface area contributed by atoms with Gasteiger partial charge in [-0.25, -0.2) is 13.1 Å². The normalized spacial score (nSPS) is 13.0. The minimum Gasteiger partial charge on any atom is -0.389 e. The van der Waals surface area contributed by atoms with Crippen molar-refractivity contribution >= 4 is 27.2 Å². The van der Waals surface area contributed by atoms with Gasteiger partial charge in [0.1, 0.15) is 4.99 Å². The topological polar surface area (TPSA) is 127 Å². The second-order valence-electron chi connectivity index (χ2n) is 4.43. The lowest BCUT2D eigenvalue weighted by Crippen LogP contribution is -2.28. The lowest BCUT2D eigenvalue weighted by atomic mass is 10.1. The van der Waals surface area contributed by atoms with Crippen molar-refractivity contribution in [2.24, 2.45) is 5.73 Å². The third kappa shape index (κ3) is 4.28. The highest BCUT2D eigenvalue weighted by Crippen LogP contribution is 2.11. The first-order valence-electron chi connectivity index (χ1n) is 5.99. The fourth-order valence-electron chi connectivity index (χ4n) is 1.70. The van der Waals surface area contributed by atoms with Gasteiger partial charge in [-0.3, -0.25) is 0 Å². The van der Waals surface area contributed by atoms with Crippen LogP contribution in [0.3, 0.4) is 0 Å². The zero-order chi connectivity index (χ0) is 15.5. The van der Waals surface area contributed by atoms with E-state index in [4.69, 9.17) is 18.0 Å². The van der Waals surface area contributed by atoms with Gasteiger partial charge in [0.05, 0.1) is 11.8 Å². The third-order valence-corrected chi connectivity index (χ3v) is 4.36. The number of sulfonamides is 1. The second kappa shape index (κ2) is 6.24. The molecule has 1 atom stereocenters. The van der Waals surface area contributed by atoms with E-state index in [0.29, 0.717) is 11.1 Å². The van der Waals surface area contributed by atoms with Crippen LogP contribution in [0.5, 0.6) is 0 Å². The summed E-state index contributed by atoms with van der Waals surface area (Å²) in [6.07, 6.45) is 0. The summed E-state index contributed by atoms with van der Waals surface area (Å²) in [7, 11) is -3.53. The van der Waals surface area contributed by atoms with E-state index in [-0.39, 0.29) is 16.6 Å². The van der Waals surface area contributed by atoms with Gasteiger partial charge in [0.15, 0.2) is 5.82 Å². The number of aromatic nitrogens is 4. The van der Waals surface area contributed by atoms with Crippen LogP contribution in [0, 0.1) is 0 Å². The first-order chi connectivity index (χ1) is 9.87. The molecule has 1 heterocycles. The van der Waals surface area contributed by atoms with E-state index in [9.17, 15) is 8.42 Å². The largest absolute Gasteiger partial charge is 0.389 e. The average Bonchev–Trinajstić information content (AvgIpc) is 2.92. The number of H-pyrrole nitrogens is 1. The summed E-state index contributed by atoms with van der Waals surface area (Å²) in [5, 5.41) is 13.1. The van der Waals surface area contributed by atoms with Gasteiger partial charge in [-0.05, 0) is 12.5 Å². The summed E-state index contributed by atoms with van der Waals surface area (Å²) in [6.45, 7) is 1.64. The molecule has 0 bridgehead atoms. The van der Waals surface area contributed by atoms with Gasteiger partial charge in [0.2, 0.25) is 10.0 Å². The Bertz CT molecular complexity index is 712. The van der Waals surface area contributed by atoms with Gasteiger partial charge in [0.25, 0.3) is 0 Å². The number of benzene rings is 1. The molecule has 0 aliphatic carbocycles. The Morgan fingerprint density at radius 2 is 2.10 bits per heavy atom. The quantitative estimate of drug-likeness (QED) is 0.638. The molecular formula is C11H14N6O2S2. The van der Waals surface area contributed by atoms with Gasteiger partial charge in [0, 0.05) is 5.56 Å². The van der Waals surface area contributed by atoms with Crippen LogP contribution in [-0.4, -0.2) is 34.0 Å². The van der Waals surface area contributed by atoms with Crippen LogP contribution in [0.2, 0.25) is 0 Å². The Balaban J connectivity index is 2.05. The number of rotatable bonds is 6. The molecule has 0 amide bonds. The van der Waals surface area contributed by atoms with Crippen LogP contribution >= 0.6 is 12.2 Å². The molecule has 10 heteroatoms. The highest BCUT2D eigenvalue weighted by Gasteiger charge is 2.19. The fraction of sp³-hybridized carbons (Fsp3) is 0.273. The van der Waals surface area contributed by atoms with E-state index in [1.54, 1.807) is 31.2 Å². The maximum Gasteiger partial charge on any atom is 0.216 e. The summed E-state index contributed by atoms with van der Waals surface area (Å²) in [4.78, 5) is 0.272. The first kappa shape index (κ1) is 15.5. The Kier molecular flexibility index (Phi) is 4.60. The van der Waals surface area contributed by atoms with Gasteiger partial charge >= 0.3 is 0 Å². The summed E-state index contributed by atoms with van der Waals surface area (Å²) in [5.74, 6) is 0.120. The van der Waals surface area contributed by atoms with Crippen molar-refractivity contribution in [3.05, 3.63) is 41.2 Å². The Labute approximate surface area is 127 Å². The van der Waals surface area contributed by atoms with Crippen LogP contribution in [0.4, 0.5) is 0 Å². The molecule has 0 aliphatic heterocycles. The second-order valence-corrected chi connectivity index (χ2v) is 6.62. The molecule has 2 rings (SSSR count). The maximum absolute atomic E-state index is 12.1. The third-order valence-electron chi connectivity index (χ3n) is 2.70. The number of nitrogens with two attached hydrogens (primary N) is 1. The molecule has 2 aromatic rings. The number of hydrogen-bond acceptors (Lipinski definition) is 6. The lowest BCUT2D eigenvalue weighted by Gasteiger charge is -2.11. The van der Waals surface area contributed by atoms with E-state index >= 15 is 0 Å². The molecule has 21 heavy (non-hydrogen) atoms. The number of tetrazole rings is 1. The van der Waals surface area contributed by atoms with Crippen molar-refractivity contribution in [3.63, 3.8) is 0 Å². The molecule has 1 unspecified atom stereocenters. The molecular weight excluding hydrogens is 312 g/mol. The molecule has 0 aliphatic rings. The standard InChI is InChI=1S/C11H14N6O2S2/c1-7(11-13-16-17-14-11)15-21(18,19)6-8-2-4-9(5-3-8)10(12)20/h2-5,7,15H,6H2,1H3,(H2,12,20)(H,13,14,16,17). The molecule has 1 aromatic heterocycles. The summed E-state index contributed by atoms with van der Waals surface area (Å²) in [6, 6.07) is 6.16. The number of nitrogens with one attached hydrogen (secondary N) is 2. The minimum atomic E-state index is -3.53. The van der Waals surface area contributed by atoms with Crippen LogP contribution in [0.25, 0.3) is 0 Å². The number of nitrogens with zero attached hydrogens (tertiary/aromatic N) is 3. The van der Waals surface area contributed by atoms with Crippen LogP contribution < -0.4 is 10.5 Å². The van der Waals surface area contributed by atoms with Crippen molar-refractivity contribution in [3.8, 4) is 0 Å². The van der Waals surface area contributed by atoms with Crippen molar-refractivity contribution in [1.82, 2.24) is 25.3 Å². The zero-order valence-corrected chi connectivity index (χ0v) is 12.8. The summed E-state index contributed by atoms with van der Waals surface area (Å²) < 4.78 is 26.6.